The Morgan fingerprint density at radius 1 is 0.493 bits per heavy atom. The smallest absolute Gasteiger partial charge is 0.220 e. The summed E-state index contributed by atoms with van der Waals surface area (Å²) in [6.45, 7) is 2.70. The number of carbonyl (C=O) groups excluding carboxylic acids is 1. The van der Waals surface area contributed by atoms with E-state index < -0.39 is 86.8 Å². The second kappa shape index (κ2) is 45.9. The van der Waals surface area contributed by atoms with Crippen LogP contribution in [0, 0.1) is 0 Å². The molecule has 430 valence electrons. The molecule has 0 radical (unpaired) electrons. The van der Waals surface area contributed by atoms with Crippen molar-refractivity contribution in [2.24, 2.45) is 0 Å². The maximum atomic E-state index is 13.2. The Morgan fingerprint density at radius 3 is 1.39 bits per heavy atom. The largest absolute Gasteiger partial charge is 0.394 e. The van der Waals surface area contributed by atoms with E-state index in [-0.39, 0.29) is 18.9 Å². The first-order valence-electron chi connectivity index (χ1n) is 29.0. The predicted molar refractivity (Wildman–Crippen MR) is 299 cm³/mol. The minimum absolute atomic E-state index is 0.243. The molecule has 0 spiro atoms. The summed E-state index contributed by atoms with van der Waals surface area (Å²) in [5, 5.41) is 87.1. The molecule has 0 aromatic rings. The zero-order valence-corrected chi connectivity index (χ0v) is 46.0. The van der Waals surface area contributed by atoms with E-state index >= 15 is 0 Å². The van der Waals surface area contributed by atoms with Crippen LogP contribution < -0.4 is 5.32 Å². The molecular weight excluding hydrogens is 955 g/mol. The van der Waals surface area contributed by atoms with Crippen LogP contribution in [0.25, 0.3) is 0 Å². The highest BCUT2D eigenvalue weighted by molar-refractivity contribution is 5.76. The highest BCUT2D eigenvalue weighted by Gasteiger charge is 2.51. The van der Waals surface area contributed by atoms with Gasteiger partial charge >= 0.3 is 0 Å². The van der Waals surface area contributed by atoms with Gasteiger partial charge in [-0.2, -0.15) is 0 Å². The lowest BCUT2D eigenvalue weighted by Crippen LogP contribution is -2.65. The third-order valence-corrected chi connectivity index (χ3v) is 13.6. The normalized spacial score (nSPS) is 25.8. The van der Waals surface area contributed by atoms with E-state index in [0.29, 0.717) is 12.8 Å². The maximum Gasteiger partial charge on any atom is 0.220 e. The summed E-state index contributed by atoms with van der Waals surface area (Å²) in [4.78, 5) is 13.2. The first-order chi connectivity index (χ1) is 36.6. The Balaban J connectivity index is 1.78. The van der Waals surface area contributed by atoms with E-state index in [1.165, 1.54) is 64.2 Å². The Kier molecular flexibility index (Phi) is 41.6. The molecule has 2 aliphatic rings. The van der Waals surface area contributed by atoms with E-state index in [1.807, 2.05) is 0 Å². The van der Waals surface area contributed by atoms with Crippen LogP contribution in [0.3, 0.4) is 0 Å². The zero-order valence-electron chi connectivity index (χ0n) is 46.0. The minimum Gasteiger partial charge on any atom is -0.394 e. The van der Waals surface area contributed by atoms with Gasteiger partial charge in [0.2, 0.25) is 5.91 Å². The van der Waals surface area contributed by atoms with E-state index in [0.717, 1.165) is 89.9 Å². The number of ether oxygens (including phenoxy) is 4. The van der Waals surface area contributed by atoms with Crippen LogP contribution in [0.1, 0.15) is 187 Å². The van der Waals surface area contributed by atoms with Crippen molar-refractivity contribution in [3.63, 3.8) is 0 Å². The van der Waals surface area contributed by atoms with Crippen molar-refractivity contribution < 1.29 is 64.6 Å². The van der Waals surface area contributed by atoms with Crippen LogP contribution >= 0.6 is 0 Å². The van der Waals surface area contributed by atoms with Crippen LogP contribution in [0.4, 0.5) is 0 Å². The monoisotopic (exact) mass is 1060 g/mol. The number of carbonyl (C=O) groups is 1. The fourth-order valence-electron chi connectivity index (χ4n) is 8.90. The van der Waals surface area contributed by atoms with Gasteiger partial charge in [-0.15, -0.1) is 0 Å². The number of amides is 1. The second-order valence-electron chi connectivity index (χ2n) is 20.0. The number of allylic oxidation sites excluding steroid dienone is 16. The molecule has 12 atom stereocenters. The number of hydrogen-bond donors (Lipinski definition) is 9. The summed E-state index contributed by atoms with van der Waals surface area (Å²) in [5.41, 5.74) is 0. The number of hydrogen-bond acceptors (Lipinski definition) is 13. The van der Waals surface area contributed by atoms with Crippen molar-refractivity contribution in [2.75, 3.05) is 19.8 Å². The Labute approximate surface area is 452 Å². The first kappa shape index (κ1) is 68.0. The Bertz CT molecular complexity index is 1620. The lowest BCUT2D eigenvalue weighted by molar-refractivity contribution is -0.359. The number of unbranched alkanes of at least 4 members (excludes halogenated alkanes) is 15. The summed E-state index contributed by atoms with van der Waals surface area (Å²) < 4.78 is 22.8. The van der Waals surface area contributed by atoms with Gasteiger partial charge in [0.25, 0.3) is 0 Å². The molecule has 9 N–H and O–H groups in total. The summed E-state index contributed by atoms with van der Waals surface area (Å²) in [5.74, 6) is -0.253. The Hall–Kier alpha value is -3.09. The minimum atomic E-state index is -1.79. The van der Waals surface area contributed by atoms with Crippen LogP contribution in [-0.4, -0.2) is 140 Å². The van der Waals surface area contributed by atoms with Gasteiger partial charge in [0.1, 0.15) is 48.8 Å². The molecule has 0 aromatic heterocycles. The van der Waals surface area contributed by atoms with Crippen molar-refractivity contribution in [1.29, 1.82) is 0 Å². The van der Waals surface area contributed by atoms with E-state index in [4.69, 9.17) is 18.9 Å². The van der Waals surface area contributed by atoms with Crippen molar-refractivity contribution in [3.8, 4) is 0 Å². The third kappa shape index (κ3) is 31.8. The number of rotatable bonds is 44. The molecule has 0 bridgehead atoms. The number of nitrogens with one attached hydrogen (secondary N) is 1. The summed E-state index contributed by atoms with van der Waals surface area (Å²) in [6, 6.07) is -0.859. The lowest BCUT2D eigenvalue weighted by Gasteiger charge is -2.46. The fraction of sp³-hybridized carbons (Fsp3) is 0.721. The molecule has 2 heterocycles. The Morgan fingerprint density at radius 2 is 0.920 bits per heavy atom. The third-order valence-electron chi connectivity index (χ3n) is 13.6. The summed E-state index contributed by atoms with van der Waals surface area (Å²) >= 11 is 0. The van der Waals surface area contributed by atoms with Gasteiger partial charge in [-0.25, -0.2) is 0 Å². The lowest BCUT2D eigenvalue weighted by atomic mass is 9.97. The van der Waals surface area contributed by atoms with Crippen molar-refractivity contribution in [1.82, 2.24) is 5.32 Å². The summed E-state index contributed by atoms with van der Waals surface area (Å²) in [6.07, 6.45) is 45.5. The topological polar surface area (TPSA) is 228 Å². The molecular formula is C61H103NO13. The van der Waals surface area contributed by atoms with E-state index in [1.54, 1.807) is 0 Å². The molecule has 14 heteroatoms. The van der Waals surface area contributed by atoms with Gasteiger partial charge in [0.05, 0.1) is 32.0 Å². The highest BCUT2D eigenvalue weighted by atomic mass is 16.7. The standard InChI is InChI=1S/C61H103NO13/c1-3-5-7-9-11-13-15-17-19-20-21-22-23-24-25-26-27-28-29-30-31-33-35-37-39-41-43-45-53(66)62-49(50(65)44-42-40-38-36-34-32-18-16-14-12-10-8-6-4-2)48-72-60-58(71)56(69)59(52(47-64)74-60)75-61-57(70)55(68)54(67)51(46-63)73-61/h5,7,11,13,17,19,21-22,24-25,27-28,30-31,35,37,49-52,54-61,63-65,67-71H,3-4,6,8-10,12,14-16,18,20,23,26,29,32-34,36,38-48H2,1-2H3,(H,62,66)/b7-5-,13-11-,19-17-,22-21-,25-24-,28-27-,31-30-,37-35-. The van der Waals surface area contributed by atoms with Gasteiger partial charge in [-0.1, -0.05) is 201 Å². The predicted octanol–water partition coefficient (Wildman–Crippen LogP) is 9.49. The van der Waals surface area contributed by atoms with Crippen molar-refractivity contribution in [3.05, 3.63) is 97.2 Å². The molecule has 0 aliphatic carbocycles. The van der Waals surface area contributed by atoms with E-state index in [9.17, 15) is 45.6 Å². The zero-order chi connectivity index (χ0) is 54.6. The first-order valence-corrected chi connectivity index (χ1v) is 29.0. The molecule has 1 amide bonds. The van der Waals surface area contributed by atoms with Crippen LogP contribution in [0.5, 0.6) is 0 Å². The molecule has 14 nitrogen and oxygen atoms in total. The van der Waals surface area contributed by atoms with Gasteiger partial charge < -0.3 is 65.1 Å². The molecule has 2 aliphatic heterocycles. The van der Waals surface area contributed by atoms with Crippen molar-refractivity contribution >= 4 is 5.91 Å². The average molecular weight is 1060 g/mol. The quantitative estimate of drug-likeness (QED) is 0.0205. The van der Waals surface area contributed by atoms with Crippen LogP contribution in [0.2, 0.25) is 0 Å². The molecule has 2 rings (SSSR count). The highest BCUT2D eigenvalue weighted by Crippen LogP contribution is 2.30. The molecule has 2 fully saturated rings. The summed E-state index contributed by atoms with van der Waals surface area (Å²) in [7, 11) is 0. The van der Waals surface area contributed by atoms with Gasteiger partial charge in [-0.3, -0.25) is 4.79 Å². The van der Waals surface area contributed by atoms with Crippen LogP contribution in [-0.2, 0) is 23.7 Å². The molecule has 0 saturated carbocycles. The fourth-order valence-corrected chi connectivity index (χ4v) is 8.90. The average Bonchev–Trinajstić information content (AvgIpc) is 3.41. The molecule has 75 heavy (non-hydrogen) atoms. The van der Waals surface area contributed by atoms with Crippen molar-refractivity contribution in [2.45, 2.75) is 261 Å². The number of aliphatic hydroxyl groups is 8. The molecule has 0 aromatic carbocycles. The number of aliphatic hydroxyl groups excluding tert-OH is 8. The van der Waals surface area contributed by atoms with E-state index in [2.05, 4.69) is 116 Å². The molecule has 2 saturated heterocycles. The van der Waals surface area contributed by atoms with Gasteiger partial charge in [0, 0.05) is 6.42 Å². The maximum absolute atomic E-state index is 13.2. The van der Waals surface area contributed by atoms with Gasteiger partial charge in [-0.05, 0) is 77.0 Å². The van der Waals surface area contributed by atoms with Gasteiger partial charge in [0.15, 0.2) is 12.6 Å². The van der Waals surface area contributed by atoms with Crippen LogP contribution in [0.15, 0.2) is 97.2 Å². The molecule has 12 unspecified atom stereocenters. The SMILES string of the molecule is CC/C=C\C/C=C\C/C=C\C/C=C\C/C=C\C/C=C\C/C=C\C/C=C\CCCCC(=O)NC(COC1OC(CO)C(OC2OC(CO)C(O)C(O)C2O)C(O)C1O)C(O)CCCCCCCCCCCCCCCC. The second-order valence-corrected chi connectivity index (χ2v) is 20.0.